The molecule has 0 aliphatic rings. The molecule has 0 saturated carbocycles. The highest BCUT2D eigenvalue weighted by Gasteiger charge is 2.14. The molecule has 106 valence electrons. The third-order valence-corrected chi connectivity index (χ3v) is 3.48. The van der Waals surface area contributed by atoms with Gasteiger partial charge < -0.3 is 9.73 Å². The Morgan fingerprint density at radius 3 is 2.81 bits per heavy atom. The number of aryl methyl sites for hydroxylation is 1. The minimum atomic E-state index is -0.408. The monoisotopic (exact) mass is 320 g/mol. The second-order valence-corrected chi connectivity index (χ2v) is 5.37. The zero-order valence-corrected chi connectivity index (χ0v) is 12.5. The van der Waals surface area contributed by atoms with Gasteiger partial charge in [-0.15, -0.1) is 0 Å². The van der Waals surface area contributed by atoms with Crippen LogP contribution in [0.3, 0.4) is 0 Å². The predicted molar refractivity (Wildman–Crippen MR) is 83.2 cm³/mol. The second-order valence-electron chi connectivity index (χ2n) is 4.52. The number of hydrogen-bond acceptors (Lipinski definition) is 3. The van der Waals surface area contributed by atoms with Crippen LogP contribution >= 0.6 is 23.2 Å². The Labute approximate surface area is 130 Å². The summed E-state index contributed by atoms with van der Waals surface area (Å²) in [6, 6.07) is 10.0. The van der Waals surface area contributed by atoms with Gasteiger partial charge in [0.05, 0.1) is 10.7 Å². The Balaban J connectivity index is 1.91. The van der Waals surface area contributed by atoms with Crippen LogP contribution in [0.15, 0.2) is 40.8 Å². The van der Waals surface area contributed by atoms with E-state index in [0.29, 0.717) is 26.8 Å². The van der Waals surface area contributed by atoms with Crippen LogP contribution in [0.25, 0.3) is 11.1 Å². The standard InChI is InChI=1S/C15H10Cl2N2O2/c1-8-2-5-13-12(18-8)7-14(21-13)15(20)19-11-6-9(16)3-4-10(11)17/h2-7H,1H3,(H,19,20). The maximum Gasteiger partial charge on any atom is 0.291 e. The van der Waals surface area contributed by atoms with E-state index in [9.17, 15) is 4.79 Å². The van der Waals surface area contributed by atoms with Crippen LogP contribution in [-0.4, -0.2) is 10.9 Å². The quantitative estimate of drug-likeness (QED) is 0.744. The molecule has 0 bridgehead atoms. The van der Waals surface area contributed by atoms with E-state index in [1.807, 2.05) is 13.0 Å². The van der Waals surface area contributed by atoms with Gasteiger partial charge in [0.25, 0.3) is 5.91 Å². The number of furan rings is 1. The van der Waals surface area contributed by atoms with Crippen molar-refractivity contribution in [2.75, 3.05) is 5.32 Å². The van der Waals surface area contributed by atoms with Gasteiger partial charge in [0.1, 0.15) is 5.52 Å². The highest BCUT2D eigenvalue weighted by atomic mass is 35.5. The van der Waals surface area contributed by atoms with E-state index in [1.165, 1.54) is 0 Å². The zero-order chi connectivity index (χ0) is 15.0. The lowest BCUT2D eigenvalue weighted by atomic mass is 10.3. The Hall–Kier alpha value is -2.04. The smallest absolute Gasteiger partial charge is 0.291 e. The van der Waals surface area contributed by atoms with Gasteiger partial charge in [-0.2, -0.15) is 0 Å². The SMILES string of the molecule is Cc1ccc2oc(C(=O)Nc3cc(Cl)ccc3Cl)cc2n1. The molecule has 21 heavy (non-hydrogen) atoms. The van der Waals surface area contributed by atoms with Crippen molar-refractivity contribution in [3.63, 3.8) is 0 Å². The third-order valence-electron chi connectivity index (χ3n) is 2.91. The highest BCUT2D eigenvalue weighted by Crippen LogP contribution is 2.26. The fourth-order valence-corrected chi connectivity index (χ4v) is 2.25. The molecule has 1 amide bonds. The molecule has 6 heteroatoms. The predicted octanol–water partition coefficient (Wildman–Crippen LogP) is 4.70. The van der Waals surface area contributed by atoms with Crippen LogP contribution in [0, 0.1) is 6.92 Å². The van der Waals surface area contributed by atoms with Gasteiger partial charge >= 0.3 is 0 Å². The summed E-state index contributed by atoms with van der Waals surface area (Å²) in [6.07, 6.45) is 0. The Morgan fingerprint density at radius 1 is 1.19 bits per heavy atom. The molecule has 3 rings (SSSR count). The number of aromatic nitrogens is 1. The van der Waals surface area contributed by atoms with E-state index in [-0.39, 0.29) is 5.76 Å². The number of amides is 1. The van der Waals surface area contributed by atoms with Crippen molar-refractivity contribution in [2.45, 2.75) is 6.92 Å². The number of fused-ring (bicyclic) bond motifs is 1. The summed E-state index contributed by atoms with van der Waals surface area (Å²) in [7, 11) is 0. The first-order valence-electron chi connectivity index (χ1n) is 6.16. The van der Waals surface area contributed by atoms with E-state index >= 15 is 0 Å². The molecule has 2 aromatic heterocycles. The fourth-order valence-electron chi connectivity index (χ4n) is 1.91. The molecule has 0 fully saturated rings. The Morgan fingerprint density at radius 2 is 2.00 bits per heavy atom. The highest BCUT2D eigenvalue weighted by molar-refractivity contribution is 6.35. The van der Waals surface area contributed by atoms with Crippen LogP contribution in [0.2, 0.25) is 10.0 Å². The van der Waals surface area contributed by atoms with Gasteiger partial charge in [-0.3, -0.25) is 4.79 Å². The molecule has 0 radical (unpaired) electrons. The van der Waals surface area contributed by atoms with Gasteiger partial charge in [-0.25, -0.2) is 4.98 Å². The number of rotatable bonds is 2. The van der Waals surface area contributed by atoms with E-state index in [1.54, 1.807) is 30.3 Å². The number of pyridine rings is 1. The van der Waals surface area contributed by atoms with Crippen LogP contribution in [-0.2, 0) is 0 Å². The first-order valence-corrected chi connectivity index (χ1v) is 6.92. The second kappa shape index (κ2) is 5.39. The van der Waals surface area contributed by atoms with E-state index in [4.69, 9.17) is 27.6 Å². The van der Waals surface area contributed by atoms with Crippen molar-refractivity contribution in [2.24, 2.45) is 0 Å². The summed E-state index contributed by atoms with van der Waals surface area (Å²) in [5.41, 5.74) is 2.48. The number of hydrogen-bond donors (Lipinski definition) is 1. The average Bonchev–Trinajstić information content (AvgIpc) is 2.86. The lowest BCUT2D eigenvalue weighted by Gasteiger charge is -2.05. The number of benzene rings is 1. The van der Waals surface area contributed by atoms with Crippen LogP contribution < -0.4 is 5.32 Å². The molecule has 0 atom stereocenters. The van der Waals surface area contributed by atoms with Gasteiger partial charge in [0.15, 0.2) is 11.3 Å². The zero-order valence-electron chi connectivity index (χ0n) is 11.0. The van der Waals surface area contributed by atoms with E-state index in [2.05, 4.69) is 10.3 Å². The fraction of sp³-hybridized carbons (Fsp3) is 0.0667. The summed E-state index contributed by atoms with van der Waals surface area (Å²) in [4.78, 5) is 16.5. The van der Waals surface area contributed by atoms with Crippen molar-refractivity contribution >= 4 is 45.9 Å². The lowest BCUT2D eigenvalue weighted by molar-refractivity contribution is 0.0998. The van der Waals surface area contributed by atoms with Gasteiger partial charge in [-0.1, -0.05) is 23.2 Å². The van der Waals surface area contributed by atoms with Crippen LogP contribution in [0.1, 0.15) is 16.2 Å². The number of anilines is 1. The molecular formula is C15H10Cl2N2O2. The van der Waals surface area contributed by atoms with Gasteiger partial charge in [0.2, 0.25) is 0 Å². The molecule has 0 aliphatic carbocycles. The molecule has 3 aromatic rings. The number of nitrogens with one attached hydrogen (secondary N) is 1. The molecule has 2 heterocycles. The van der Waals surface area contributed by atoms with Crippen molar-refractivity contribution in [1.29, 1.82) is 0 Å². The van der Waals surface area contributed by atoms with Crippen LogP contribution in [0.4, 0.5) is 5.69 Å². The Kier molecular flexibility index (Phi) is 3.57. The molecule has 0 aliphatic heterocycles. The third kappa shape index (κ3) is 2.86. The topological polar surface area (TPSA) is 55.1 Å². The maximum atomic E-state index is 12.2. The Bertz CT molecular complexity index is 843. The largest absolute Gasteiger partial charge is 0.449 e. The molecule has 1 N–H and O–H groups in total. The summed E-state index contributed by atoms with van der Waals surface area (Å²) < 4.78 is 5.48. The minimum absolute atomic E-state index is 0.166. The maximum absolute atomic E-state index is 12.2. The normalized spacial score (nSPS) is 10.8. The first kappa shape index (κ1) is 13.9. The van der Waals surface area contributed by atoms with Crippen LogP contribution in [0.5, 0.6) is 0 Å². The number of nitrogens with zero attached hydrogens (tertiary/aromatic N) is 1. The number of carbonyl (C=O) groups excluding carboxylic acids is 1. The van der Waals surface area contributed by atoms with Gasteiger partial charge in [-0.05, 0) is 37.3 Å². The van der Waals surface area contributed by atoms with E-state index in [0.717, 1.165) is 5.69 Å². The molecular weight excluding hydrogens is 311 g/mol. The minimum Gasteiger partial charge on any atom is -0.449 e. The summed E-state index contributed by atoms with van der Waals surface area (Å²) >= 11 is 11.9. The first-order chi connectivity index (χ1) is 10.0. The average molecular weight is 321 g/mol. The van der Waals surface area contributed by atoms with E-state index < -0.39 is 5.91 Å². The van der Waals surface area contributed by atoms with Crippen molar-refractivity contribution in [1.82, 2.24) is 4.98 Å². The summed E-state index contributed by atoms with van der Waals surface area (Å²) in [5, 5.41) is 3.55. The molecule has 1 aromatic carbocycles. The van der Waals surface area contributed by atoms with Crippen molar-refractivity contribution in [3.05, 3.63) is 57.9 Å². The molecule has 0 saturated heterocycles. The van der Waals surface area contributed by atoms with Crippen molar-refractivity contribution in [3.8, 4) is 0 Å². The molecule has 0 spiro atoms. The summed E-state index contributed by atoms with van der Waals surface area (Å²) in [6.45, 7) is 1.87. The van der Waals surface area contributed by atoms with Crippen molar-refractivity contribution < 1.29 is 9.21 Å². The summed E-state index contributed by atoms with van der Waals surface area (Å²) in [5.74, 6) is -0.242. The number of halogens is 2. The lowest BCUT2D eigenvalue weighted by Crippen LogP contribution is -2.11. The molecule has 4 nitrogen and oxygen atoms in total. The number of carbonyl (C=O) groups is 1. The van der Waals surface area contributed by atoms with Gasteiger partial charge in [0, 0.05) is 16.8 Å². The molecule has 0 unspecified atom stereocenters.